The van der Waals surface area contributed by atoms with Crippen LogP contribution in [-0.2, 0) is 4.79 Å². The quantitative estimate of drug-likeness (QED) is 0.361. The van der Waals surface area contributed by atoms with Crippen molar-refractivity contribution in [2.45, 2.75) is 32.1 Å². The molecule has 4 nitrogen and oxygen atoms in total. The Bertz CT molecular complexity index is 183. The van der Waals surface area contributed by atoms with E-state index >= 15 is 0 Å². The highest BCUT2D eigenvalue weighted by molar-refractivity contribution is 5.75. The van der Waals surface area contributed by atoms with Crippen molar-refractivity contribution in [1.82, 2.24) is 10.6 Å². The van der Waals surface area contributed by atoms with E-state index in [0.29, 0.717) is 19.5 Å². The van der Waals surface area contributed by atoms with Crippen LogP contribution in [0, 0.1) is 0 Å². The van der Waals surface area contributed by atoms with Crippen LogP contribution >= 0.6 is 0 Å². The molecular weight excluding hydrogens is 202 g/mol. The summed E-state index contributed by atoms with van der Waals surface area (Å²) >= 11 is 0. The zero-order chi connectivity index (χ0) is 12.1. The normalized spacial score (nSPS) is 10.1. The Kier molecular flexibility index (Phi) is 11.5. The summed E-state index contributed by atoms with van der Waals surface area (Å²) in [5, 5.41) is 5.99. The number of carbonyl (C=O) groups excluding carboxylic acids is 1. The van der Waals surface area contributed by atoms with Gasteiger partial charge in [0.05, 0.1) is 0 Å². The van der Waals surface area contributed by atoms with Crippen LogP contribution in [0.3, 0.4) is 0 Å². The summed E-state index contributed by atoms with van der Waals surface area (Å²) in [4.78, 5) is 11.3. The number of nitrogens with one attached hydrogen (secondary N) is 2. The number of carbonyl (C=O) groups is 1. The average molecular weight is 227 g/mol. The fourth-order valence-electron chi connectivity index (χ4n) is 1.36. The SMILES string of the molecule is C=CCCCCCC(=O)NCCNCCN. The van der Waals surface area contributed by atoms with Crippen LogP contribution in [0.4, 0.5) is 0 Å². The molecular formula is C12H25N3O. The highest BCUT2D eigenvalue weighted by Gasteiger charge is 1.99. The minimum atomic E-state index is 0.146. The van der Waals surface area contributed by atoms with Gasteiger partial charge in [-0.3, -0.25) is 4.79 Å². The molecule has 0 unspecified atom stereocenters. The first-order valence-electron chi connectivity index (χ1n) is 6.09. The lowest BCUT2D eigenvalue weighted by Gasteiger charge is -2.05. The predicted octanol–water partition coefficient (Wildman–Crippen LogP) is 0.787. The Labute approximate surface area is 98.7 Å². The molecule has 1 amide bonds. The Morgan fingerprint density at radius 2 is 2.00 bits per heavy atom. The lowest BCUT2D eigenvalue weighted by atomic mass is 10.1. The molecule has 0 aliphatic heterocycles. The molecule has 4 N–H and O–H groups in total. The van der Waals surface area contributed by atoms with Crippen LogP contribution in [0.2, 0.25) is 0 Å². The van der Waals surface area contributed by atoms with E-state index in [0.717, 1.165) is 38.8 Å². The van der Waals surface area contributed by atoms with Crippen molar-refractivity contribution in [1.29, 1.82) is 0 Å². The predicted molar refractivity (Wildman–Crippen MR) is 68.2 cm³/mol. The van der Waals surface area contributed by atoms with Crippen molar-refractivity contribution >= 4 is 5.91 Å². The van der Waals surface area contributed by atoms with Crippen LogP contribution in [-0.4, -0.2) is 32.1 Å². The molecule has 0 radical (unpaired) electrons. The molecule has 0 aromatic heterocycles. The summed E-state index contributed by atoms with van der Waals surface area (Å²) in [6.07, 6.45) is 6.80. The van der Waals surface area contributed by atoms with Crippen LogP contribution in [0.5, 0.6) is 0 Å². The maximum atomic E-state index is 11.3. The third kappa shape index (κ3) is 11.2. The Hall–Kier alpha value is -0.870. The van der Waals surface area contributed by atoms with Crippen LogP contribution in [0.15, 0.2) is 12.7 Å². The van der Waals surface area contributed by atoms with Crippen LogP contribution in [0.25, 0.3) is 0 Å². The van der Waals surface area contributed by atoms with Crippen molar-refractivity contribution in [3.8, 4) is 0 Å². The maximum absolute atomic E-state index is 11.3. The maximum Gasteiger partial charge on any atom is 0.220 e. The summed E-state index contributed by atoms with van der Waals surface area (Å²) in [6, 6.07) is 0. The van der Waals surface area contributed by atoms with Gasteiger partial charge in [0.25, 0.3) is 0 Å². The van der Waals surface area contributed by atoms with Gasteiger partial charge in [0.2, 0.25) is 5.91 Å². The van der Waals surface area contributed by atoms with Gasteiger partial charge in [0.1, 0.15) is 0 Å². The summed E-state index contributed by atoms with van der Waals surface area (Å²) in [5.41, 5.74) is 5.32. The van der Waals surface area contributed by atoms with Gasteiger partial charge in [0, 0.05) is 32.6 Å². The van der Waals surface area contributed by atoms with Gasteiger partial charge < -0.3 is 16.4 Å². The number of hydrogen-bond acceptors (Lipinski definition) is 3. The molecule has 0 atom stereocenters. The second kappa shape index (κ2) is 12.2. The smallest absolute Gasteiger partial charge is 0.220 e. The Balaban J connectivity index is 3.15. The number of rotatable bonds is 11. The number of allylic oxidation sites excluding steroid dienone is 1. The number of hydrogen-bond donors (Lipinski definition) is 3. The van der Waals surface area contributed by atoms with Crippen molar-refractivity contribution in [2.24, 2.45) is 5.73 Å². The van der Waals surface area contributed by atoms with Gasteiger partial charge >= 0.3 is 0 Å². The van der Waals surface area contributed by atoms with Crippen molar-refractivity contribution in [2.75, 3.05) is 26.2 Å². The highest BCUT2D eigenvalue weighted by Crippen LogP contribution is 2.02. The van der Waals surface area contributed by atoms with Crippen LogP contribution in [0.1, 0.15) is 32.1 Å². The summed E-state index contributed by atoms with van der Waals surface area (Å²) in [7, 11) is 0. The minimum Gasteiger partial charge on any atom is -0.355 e. The van der Waals surface area contributed by atoms with Crippen LogP contribution < -0.4 is 16.4 Å². The summed E-state index contributed by atoms with van der Waals surface area (Å²) in [5.74, 6) is 0.146. The lowest BCUT2D eigenvalue weighted by Crippen LogP contribution is -2.33. The van der Waals surface area contributed by atoms with E-state index in [1.807, 2.05) is 6.08 Å². The average Bonchev–Trinajstić information content (AvgIpc) is 2.28. The van der Waals surface area contributed by atoms with E-state index in [-0.39, 0.29) is 5.91 Å². The van der Waals surface area contributed by atoms with Gasteiger partial charge in [-0.15, -0.1) is 6.58 Å². The van der Waals surface area contributed by atoms with E-state index in [1.165, 1.54) is 0 Å². The number of unbranched alkanes of at least 4 members (excludes halogenated alkanes) is 3. The van der Waals surface area contributed by atoms with Crippen molar-refractivity contribution in [3.05, 3.63) is 12.7 Å². The highest BCUT2D eigenvalue weighted by atomic mass is 16.1. The van der Waals surface area contributed by atoms with E-state index in [2.05, 4.69) is 17.2 Å². The Morgan fingerprint density at radius 3 is 2.69 bits per heavy atom. The van der Waals surface area contributed by atoms with Gasteiger partial charge in [0.15, 0.2) is 0 Å². The van der Waals surface area contributed by atoms with Gasteiger partial charge in [-0.25, -0.2) is 0 Å². The molecule has 0 fully saturated rings. The molecule has 0 rings (SSSR count). The summed E-state index contributed by atoms with van der Waals surface area (Å²) < 4.78 is 0. The summed E-state index contributed by atoms with van der Waals surface area (Å²) in [6.45, 7) is 6.58. The number of amides is 1. The minimum absolute atomic E-state index is 0.146. The molecule has 4 heteroatoms. The fraction of sp³-hybridized carbons (Fsp3) is 0.750. The zero-order valence-corrected chi connectivity index (χ0v) is 10.1. The monoisotopic (exact) mass is 227 g/mol. The number of nitrogens with two attached hydrogens (primary N) is 1. The molecule has 0 spiro atoms. The second-order valence-electron chi connectivity index (χ2n) is 3.78. The van der Waals surface area contributed by atoms with Gasteiger partial charge in [-0.05, 0) is 19.3 Å². The topological polar surface area (TPSA) is 67.2 Å². The fourth-order valence-corrected chi connectivity index (χ4v) is 1.36. The molecule has 0 heterocycles. The van der Waals surface area contributed by atoms with Crippen molar-refractivity contribution in [3.63, 3.8) is 0 Å². The van der Waals surface area contributed by atoms with E-state index in [1.54, 1.807) is 0 Å². The van der Waals surface area contributed by atoms with E-state index in [4.69, 9.17) is 5.73 Å². The first-order valence-corrected chi connectivity index (χ1v) is 6.09. The molecule has 0 aromatic carbocycles. The molecule has 0 saturated heterocycles. The molecule has 16 heavy (non-hydrogen) atoms. The molecule has 0 aliphatic rings. The first kappa shape index (κ1) is 15.1. The molecule has 0 aromatic rings. The lowest BCUT2D eigenvalue weighted by molar-refractivity contribution is -0.121. The molecule has 0 saturated carbocycles. The zero-order valence-electron chi connectivity index (χ0n) is 10.1. The largest absolute Gasteiger partial charge is 0.355 e. The van der Waals surface area contributed by atoms with E-state index in [9.17, 15) is 4.79 Å². The second-order valence-corrected chi connectivity index (χ2v) is 3.78. The molecule has 94 valence electrons. The standard InChI is InChI=1S/C12H25N3O/c1-2-3-4-5-6-7-12(16)15-11-10-14-9-8-13/h2,14H,1,3-11,13H2,(H,15,16). The van der Waals surface area contributed by atoms with Gasteiger partial charge in [-0.1, -0.05) is 12.5 Å². The van der Waals surface area contributed by atoms with Crippen molar-refractivity contribution < 1.29 is 4.79 Å². The molecule has 0 bridgehead atoms. The van der Waals surface area contributed by atoms with Gasteiger partial charge in [-0.2, -0.15) is 0 Å². The third-order valence-electron chi connectivity index (χ3n) is 2.26. The Morgan fingerprint density at radius 1 is 1.19 bits per heavy atom. The first-order chi connectivity index (χ1) is 7.81. The molecule has 0 aliphatic carbocycles. The van der Waals surface area contributed by atoms with E-state index < -0.39 is 0 Å². The third-order valence-corrected chi connectivity index (χ3v) is 2.26.